The van der Waals surface area contributed by atoms with Crippen molar-refractivity contribution in [2.24, 2.45) is 5.41 Å². The Hall–Kier alpha value is -0.120. The quantitative estimate of drug-likeness (QED) is 0.528. The van der Waals surface area contributed by atoms with Crippen molar-refractivity contribution in [3.63, 3.8) is 0 Å². The van der Waals surface area contributed by atoms with Crippen LogP contribution in [0.5, 0.6) is 0 Å². The third-order valence-corrected chi connectivity index (χ3v) is 3.23. The molecule has 0 radical (unpaired) electrons. The molecule has 0 aromatic rings. The van der Waals surface area contributed by atoms with E-state index in [-0.39, 0.29) is 0 Å². The molecular formula is C9H18N2O. The maximum Gasteiger partial charge on any atom is 0.0856 e. The molecule has 70 valence electrons. The molecule has 2 rings (SSSR count). The van der Waals surface area contributed by atoms with E-state index >= 15 is 0 Å². The van der Waals surface area contributed by atoms with Crippen molar-refractivity contribution >= 4 is 0 Å². The van der Waals surface area contributed by atoms with Crippen LogP contribution in [0.2, 0.25) is 0 Å². The topological polar surface area (TPSA) is 15.7 Å². The Morgan fingerprint density at radius 3 is 2.58 bits per heavy atom. The largest absolute Gasteiger partial charge is 0.299 e. The lowest BCUT2D eigenvalue weighted by atomic mass is 9.85. The smallest absolute Gasteiger partial charge is 0.0856 e. The Morgan fingerprint density at radius 2 is 2.00 bits per heavy atom. The highest BCUT2D eigenvalue weighted by Crippen LogP contribution is 2.39. The predicted molar refractivity (Wildman–Crippen MR) is 47.7 cm³/mol. The second-order valence-electron chi connectivity index (χ2n) is 4.76. The normalized spacial score (nSPS) is 42.0. The number of fused-ring (bicyclic) bond motifs is 1. The van der Waals surface area contributed by atoms with E-state index in [2.05, 4.69) is 25.8 Å². The molecule has 2 heterocycles. The SMILES string of the molecule is CN1CC(C)(C)[C@@H]2[C@H]1CON2C. The summed E-state index contributed by atoms with van der Waals surface area (Å²) in [5.74, 6) is 0. The van der Waals surface area contributed by atoms with Gasteiger partial charge in [0.2, 0.25) is 0 Å². The zero-order chi connectivity index (χ0) is 8.93. The van der Waals surface area contributed by atoms with Crippen LogP contribution in [0.15, 0.2) is 0 Å². The molecule has 0 saturated carbocycles. The standard InChI is InChI=1S/C9H18N2O/c1-9(2)6-10(3)7-5-12-11(4)8(7)9/h7-8H,5-6H2,1-4H3/t7-,8+/m1/s1. The highest BCUT2D eigenvalue weighted by Gasteiger charge is 2.51. The monoisotopic (exact) mass is 170 g/mol. The molecule has 0 aromatic heterocycles. The van der Waals surface area contributed by atoms with Crippen molar-refractivity contribution < 1.29 is 4.84 Å². The lowest BCUT2D eigenvalue weighted by Crippen LogP contribution is -2.40. The predicted octanol–water partition coefficient (Wildman–Crippen LogP) is 0.572. The van der Waals surface area contributed by atoms with E-state index in [1.165, 1.54) is 6.54 Å². The molecular weight excluding hydrogens is 152 g/mol. The van der Waals surface area contributed by atoms with Gasteiger partial charge in [-0.3, -0.25) is 9.74 Å². The Labute approximate surface area is 74.2 Å². The van der Waals surface area contributed by atoms with Gasteiger partial charge in [0.1, 0.15) is 0 Å². The van der Waals surface area contributed by atoms with E-state index in [4.69, 9.17) is 4.84 Å². The number of hydrogen-bond donors (Lipinski definition) is 0. The molecule has 0 amide bonds. The van der Waals surface area contributed by atoms with Crippen LogP contribution in [-0.4, -0.2) is 49.3 Å². The molecule has 0 spiro atoms. The summed E-state index contributed by atoms with van der Waals surface area (Å²) in [5.41, 5.74) is 0.366. The van der Waals surface area contributed by atoms with E-state index in [9.17, 15) is 0 Å². The van der Waals surface area contributed by atoms with E-state index < -0.39 is 0 Å². The molecule has 0 bridgehead atoms. The van der Waals surface area contributed by atoms with Crippen LogP contribution in [0.3, 0.4) is 0 Å². The number of hydroxylamine groups is 2. The molecule has 12 heavy (non-hydrogen) atoms. The van der Waals surface area contributed by atoms with Gasteiger partial charge in [0.15, 0.2) is 0 Å². The number of likely N-dealkylation sites (N-methyl/N-ethyl adjacent to an activating group) is 2. The summed E-state index contributed by atoms with van der Waals surface area (Å²) < 4.78 is 0. The van der Waals surface area contributed by atoms with E-state index in [1.807, 2.05) is 12.1 Å². The number of nitrogens with zero attached hydrogens (tertiary/aromatic N) is 2. The molecule has 2 aliphatic rings. The fourth-order valence-corrected chi connectivity index (χ4v) is 2.84. The van der Waals surface area contributed by atoms with Crippen LogP contribution in [0.25, 0.3) is 0 Å². The lowest BCUT2D eigenvalue weighted by molar-refractivity contribution is -0.129. The summed E-state index contributed by atoms with van der Waals surface area (Å²) in [6.45, 7) is 6.68. The van der Waals surface area contributed by atoms with Gasteiger partial charge in [0, 0.05) is 13.6 Å². The highest BCUT2D eigenvalue weighted by atomic mass is 16.7. The van der Waals surface area contributed by atoms with E-state index in [1.54, 1.807) is 0 Å². The maximum absolute atomic E-state index is 5.52. The first-order chi connectivity index (χ1) is 5.52. The minimum absolute atomic E-state index is 0.366. The molecule has 0 unspecified atom stereocenters. The van der Waals surface area contributed by atoms with Crippen molar-refractivity contribution in [2.75, 3.05) is 27.2 Å². The summed E-state index contributed by atoms with van der Waals surface area (Å²) >= 11 is 0. The summed E-state index contributed by atoms with van der Waals surface area (Å²) in [7, 11) is 4.24. The first-order valence-electron chi connectivity index (χ1n) is 4.58. The second kappa shape index (κ2) is 2.44. The van der Waals surface area contributed by atoms with Crippen LogP contribution in [-0.2, 0) is 4.84 Å². The molecule has 0 aromatic carbocycles. The van der Waals surface area contributed by atoms with Crippen LogP contribution in [0, 0.1) is 5.41 Å². The molecule has 0 N–H and O–H groups in total. The average molecular weight is 170 g/mol. The van der Waals surface area contributed by atoms with Gasteiger partial charge >= 0.3 is 0 Å². The van der Waals surface area contributed by atoms with Gasteiger partial charge in [0.25, 0.3) is 0 Å². The molecule has 2 saturated heterocycles. The second-order valence-corrected chi connectivity index (χ2v) is 4.76. The van der Waals surface area contributed by atoms with Gasteiger partial charge in [-0.25, -0.2) is 0 Å². The van der Waals surface area contributed by atoms with Gasteiger partial charge < -0.3 is 0 Å². The van der Waals surface area contributed by atoms with Crippen molar-refractivity contribution in [1.29, 1.82) is 0 Å². The summed E-state index contributed by atoms with van der Waals surface area (Å²) in [6.07, 6.45) is 0. The van der Waals surface area contributed by atoms with Crippen LogP contribution < -0.4 is 0 Å². The average Bonchev–Trinajstić information content (AvgIpc) is 2.38. The Morgan fingerprint density at radius 1 is 1.33 bits per heavy atom. The van der Waals surface area contributed by atoms with E-state index in [0.717, 1.165) is 6.61 Å². The molecule has 2 atom stereocenters. The number of hydrogen-bond acceptors (Lipinski definition) is 3. The zero-order valence-electron chi connectivity index (χ0n) is 8.37. The fourth-order valence-electron chi connectivity index (χ4n) is 2.84. The molecule has 2 fully saturated rings. The van der Waals surface area contributed by atoms with Gasteiger partial charge in [-0.2, -0.15) is 5.06 Å². The molecule has 0 aliphatic carbocycles. The minimum atomic E-state index is 0.366. The van der Waals surface area contributed by atoms with Crippen LogP contribution >= 0.6 is 0 Å². The summed E-state index contributed by atoms with van der Waals surface area (Å²) in [6, 6.07) is 1.17. The minimum Gasteiger partial charge on any atom is -0.299 e. The molecule has 3 nitrogen and oxygen atoms in total. The molecule has 3 heteroatoms. The van der Waals surface area contributed by atoms with Crippen LogP contribution in [0.1, 0.15) is 13.8 Å². The third-order valence-electron chi connectivity index (χ3n) is 3.23. The summed E-state index contributed by atoms with van der Waals surface area (Å²) in [5, 5.41) is 2.04. The Balaban J connectivity index is 2.24. The zero-order valence-corrected chi connectivity index (χ0v) is 8.37. The van der Waals surface area contributed by atoms with E-state index in [0.29, 0.717) is 17.5 Å². The van der Waals surface area contributed by atoms with Gasteiger partial charge in [-0.1, -0.05) is 13.8 Å². The molecule has 2 aliphatic heterocycles. The van der Waals surface area contributed by atoms with Gasteiger partial charge in [0.05, 0.1) is 18.7 Å². The maximum atomic E-state index is 5.52. The fraction of sp³-hybridized carbons (Fsp3) is 1.00. The van der Waals surface area contributed by atoms with Crippen molar-refractivity contribution in [3.05, 3.63) is 0 Å². The van der Waals surface area contributed by atoms with Crippen molar-refractivity contribution in [1.82, 2.24) is 9.96 Å². The van der Waals surface area contributed by atoms with Crippen molar-refractivity contribution in [2.45, 2.75) is 25.9 Å². The van der Waals surface area contributed by atoms with Gasteiger partial charge in [-0.05, 0) is 12.5 Å². The first-order valence-corrected chi connectivity index (χ1v) is 4.58. The first kappa shape index (κ1) is 8.48. The number of rotatable bonds is 0. The number of likely N-dealkylation sites (tertiary alicyclic amines) is 1. The lowest BCUT2D eigenvalue weighted by Gasteiger charge is -2.28. The van der Waals surface area contributed by atoms with Gasteiger partial charge in [-0.15, -0.1) is 0 Å². The summed E-state index contributed by atoms with van der Waals surface area (Å²) in [4.78, 5) is 7.93. The third kappa shape index (κ3) is 1.00. The highest BCUT2D eigenvalue weighted by molar-refractivity contribution is 5.03. The van der Waals surface area contributed by atoms with Crippen molar-refractivity contribution in [3.8, 4) is 0 Å². The Kier molecular flexibility index (Phi) is 1.72. The van der Waals surface area contributed by atoms with Crippen LogP contribution in [0.4, 0.5) is 0 Å². The Bertz CT molecular complexity index is 193.